The smallest absolute Gasteiger partial charge is 0.131 e. The quantitative estimate of drug-likeness (QED) is 0.922. The van der Waals surface area contributed by atoms with Crippen molar-refractivity contribution in [3.63, 3.8) is 0 Å². The van der Waals surface area contributed by atoms with Crippen LogP contribution >= 0.6 is 0 Å². The zero-order chi connectivity index (χ0) is 14.7. The molecule has 3 heteroatoms. The van der Waals surface area contributed by atoms with Gasteiger partial charge in [0.15, 0.2) is 0 Å². The molecule has 0 bridgehead atoms. The Hall–Kier alpha value is -1.87. The van der Waals surface area contributed by atoms with E-state index in [1.54, 1.807) is 12.1 Å². The lowest BCUT2D eigenvalue weighted by atomic mass is 9.97. The maximum atomic E-state index is 14.0. The maximum absolute atomic E-state index is 14.0. The topological polar surface area (TPSA) is 35.2 Å². The van der Waals surface area contributed by atoms with E-state index in [1.165, 1.54) is 24.3 Å². The molecule has 1 unspecified atom stereocenters. The summed E-state index contributed by atoms with van der Waals surface area (Å²) in [6, 6.07) is 10.7. The van der Waals surface area contributed by atoms with Gasteiger partial charge in [-0.25, -0.2) is 4.39 Å². The number of hydrogen-bond acceptors (Lipinski definition) is 2. The summed E-state index contributed by atoms with van der Waals surface area (Å²) in [4.78, 5) is 0. The SMILES string of the molecule is COc1ccc(C(N)Cc2ccc(C)c(C)c2)c(F)c1. The van der Waals surface area contributed by atoms with Gasteiger partial charge in [0.1, 0.15) is 11.6 Å². The molecule has 0 amide bonds. The number of halogens is 1. The number of nitrogens with two attached hydrogens (primary N) is 1. The first-order valence-corrected chi connectivity index (χ1v) is 6.66. The number of benzene rings is 2. The number of ether oxygens (including phenoxy) is 1. The molecular weight excluding hydrogens is 253 g/mol. The molecule has 20 heavy (non-hydrogen) atoms. The van der Waals surface area contributed by atoms with Crippen LogP contribution in [-0.4, -0.2) is 7.11 Å². The highest BCUT2D eigenvalue weighted by Crippen LogP contribution is 2.23. The van der Waals surface area contributed by atoms with Crippen LogP contribution in [0.3, 0.4) is 0 Å². The first kappa shape index (κ1) is 14.5. The molecule has 0 fully saturated rings. The molecule has 0 saturated carbocycles. The van der Waals surface area contributed by atoms with Crippen molar-refractivity contribution in [2.45, 2.75) is 26.3 Å². The molecule has 2 N–H and O–H groups in total. The molecule has 2 aromatic rings. The van der Waals surface area contributed by atoms with E-state index >= 15 is 0 Å². The average molecular weight is 273 g/mol. The molecule has 0 aliphatic carbocycles. The van der Waals surface area contributed by atoms with Crippen LogP contribution in [0.1, 0.15) is 28.3 Å². The summed E-state index contributed by atoms with van der Waals surface area (Å²) in [7, 11) is 1.52. The van der Waals surface area contributed by atoms with Crippen LogP contribution in [0.5, 0.6) is 5.75 Å². The Bertz CT molecular complexity index is 610. The second-order valence-electron chi connectivity index (χ2n) is 5.12. The second kappa shape index (κ2) is 6.06. The van der Waals surface area contributed by atoms with Crippen molar-refractivity contribution in [2.75, 3.05) is 7.11 Å². The van der Waals surface area contributed by atoms with Crippen LogP contribution in [0.2, 0.25) is 0 Å². The lowest BCUT2D eigenvalue weighted by molar-refractivity contribution is 0.410. The molecular formula is C17H20FNO. The zero-order valence-corrected chi connectivity index (χ0v) is 12.1. The van der Waals surface area contributed by atoms with Crippen LogP contribution in [0.4, 0.5) is 4.39 Å². The van der Waals surface area contributed by atoms with E-state index < -0.39 is 0 Å². The third kappa shape index (κ3) is 3.17. The van der Waals surface area contributed by atoms with E-state index in [1.807, 2.05) is 6.07 Å². The number of methoxy groups -OCH3 is 1. The largest absolute Gasteiger partial charge is 0.497 e. The highest BCUT2D eigenvalue weighted by atomic mass is 19.1. The standard InChI is InChI=1S/C17H20FNO/c1-11-4-5-13(8-12(11)2)9-17(19)15-7-6-14(20-3)10-16(15)18/h4-8,10,17H,9,19H2,1-3H3. The summed E-state index contributed by atoms with van der Waals surface area (Å²) in [5.41, 5.74) is 10.2. The Morgan fingerprint density at radius 2 is 1.85 bits per heavy atom. The molecule has 2 nitrogen and oxygen atoms in total. The Labute approximate surface area is 119 Å². The van der Waals surface area contributed by atoms with Crippen molar-refractivity contribution >= 4 is 0 Å². The molecule has 1 atom stereocenters. The Morgan fingerprint density at radius 1 is 1.10 bits per heavy atom. The summed E-state index contributed by atoms with van der Waals surface area (Å²) in [6.45, 7) is 4.14. The summed E-state index contributed by atoms with van der Waals surface area (Å²) < 4.78 is 19.0. The van der Waals surface area contributed by atoms with Gasteiger partial charge in [0.25, 0.3) is 0 Å². The highest BCUT2D eigenvalue weighted by Gasteiger charge is 2.13. The Balaban J connectivity index is 2.19. The summed E-state index contributed by atoms with van der Waals surface area (Å²) >= 11 is 0. The number of rotatable bonds is 4. The minimum absolute atomic E-state index is 0.319. The fourth-order valence-corrected chi connectivity index (χ4v) is 2.23. The molecule has 2 rings (SSSR count). The highest BCUT2D eigenvalue weighted by molar-refractivity contribution is 5.34. The fraction of sp³-hybridized carbons (Fsp3) is 0.294. The summed E-state index contributed by atoms with van der Waals surface area (Å²) in [6.07, 6.45) is 0.615. The summed E-state index contributed by atoms with van der Waals surface area (Å²) in [5.74, 6) is 0.185. The van der Waals surface area contributed by atoms with Gasteiger partial charge >= 0.3 is 0 Å². The molecule has 0 aromatic heterocycles. The molecule has 0 spiro atoms. The van der Waals surface area contributed by atoms with Crippen molar-refractivity contribution in [3.05, 3.63) is 64.5 Å². The minimum atomic E-state index is -0.358. The third-order valence-corrected chi connectivity index (χ3v) is 3.63. The fourth-order valence-electron chi connectivity index (χ4n) is 2.23. The van der Waals surface area contributed by atoms with Crippen LogP contribution < -0.4 is 10.5 Å². The van der Waals surface area contributed by atoms with Crippen molar-refractivity contribution in [1.82, 2.24) is 0 Å². The van der Waals surface area contributed by atoms with Gasteiger partial charge in [-0.15, -0.1) is 0 Å². The predicted octanol–water partition coefficient (Wildman–Crippen LogP) is 3.69. The van der Waals surface area contributed by atoms with E-state index in [0.717, 1.165) is 5.56 Å². The molecule has 0 heterocycles. The number of hydrogen-bond donors (Lipinski definition) is 1. The van der Waals surface area contributed by atoms with Gasteiger partial charge in [-0.2, -0.15) is 0 Å². The van der Waals surface area contributed by atoms with Crippen LogP contribution in [0, 0.1) is 19.7 Å². The molecule has 106 valence electrons. The van der Waals surface area contributed by atoms with Gasteiger partial charge in [0.05, 0.1) is 7.11 Å². The Kier molecular flexibility index (Phi) is 4.40. The zero-order valence-electron chi connectivity index (χ0n) is 12.1. The van der Waals surface area contributed by atoms with Gasteiger partial charge in [-0.1, -0.05) is 24.3 Å². The molecule has 2 aromatic carbocycles. The first-order valence-electron chi connectivity index (χ1n) is 6.66. The van der Waals surface area contributed by atoms with E-state index in [0.29, 0.717) is 17.7 Å². The predicted molar refractivity (Wildman–Crippen MR) is 79.5 cm³/mol. The van der Waals surface area contributed by atoms with E-state index in [4.69, 9.17) is 10.5 Å². The van der Waals surface area contributed by atoms with Crippen LogP contribution in [0.15, 0.2) is 36.4 Å². The number of aryl methyl sites for hydroxylation is 2. The van der Waals surface area contributed by atoms with Crippen molar-refractivity contribution in [2.24, 2.45) is 5.73 Å². The van der Waals surface area contributed by atoms with Crippen LogP contribution in [-0.2, 0) is 6.42 Å². The van der Waals surface area contributed by atoms with Gasteiger partial charge in [-0.3, -0.25) is 0 Å². The first-order chi connectivity index (χ1) is 9.51. The van der Waals surface area contributed by atoms with E-state index in [2.05, 4.69) is 26.0 Å². The monoisotopic (exact) mass is 273 g/mol. The van der Waals surface area contributed by atoms with Crippen molar-refractivity contribution in [3.8, 4) is 5.75 Å². The lowest BCUT2D eigenvalue weighted by Crippen LogP contribution is -2.15. The average Bonchev–Trinajstić information content (AvgIpc) is 2.42. The third-order valence-electron chi connectivity index (χ3n) is 3.63. The van der Waals surface area contributed by atoms with Crippen molar-refractivity contribution < 1.29 is 9.13 Å². The maximum Gasteiger partial charge on any atom is 0.131 e. The molecule has 0 saturated heterocycles. The summed E-state index contributed by atoms with van der Waals surface area (Å²) in [5, 5.41) is 0. The van der Waals surface area contributed by atoms with Crippen molar-refractivity contribution in [1.29, 1.82) is 0 Å². The second-order valence-corrected chi connectivity index (χ2v) is 5.12. The van der Waals surface area contributed by atoms with Gasteiger partial charge in [-0.05, 0) is 43.0 Å². The van der Waals surface area contributed by atoms with Gasteiger partial charge in [0, 0.05) is 17.7 Å². The van der Waals surface area contributed by atoms with Gasteiger partial charge in [0.2, 0.25) is 0 Å². The molecule has 0 radical (unpaired) electrons. The molecule has 0 aliphatic rings. The normalized spacial score (nSPS) is 12.2. The van der Waals surface area contributed by atoms with E-state index in [-0.39, 0.29) is 11.9 Å². The van der Waals surface area contributed by atoms with Gasteiger partial charge < -0.3 is 10.5 Å². The Morgan fingerprint density at radius 3 is 2.45 bits per heavy atom. The molecule has 0 aliphatic heterocycles. The minimum Gasteiger partial charge on any atom is -0.497 e. The van der Waals surface area contributed by atoms with Crippen LogP contribution in [0.25, 0.3) is 0 Å². The van der Waals surface area contributed by atoms with E-state index in [9.17, 15) is 4.39 Å². The lowest BCUT2D eigenvalue weighted by Gasteiger charge is -2.14.